The van der Waals surface area contributed by atoms with Crippen molar-refractivity contribution in [2.24, 2.45) is 5.92 Å². The average Bonchev–Trinajstić information content (AvgIpc) is 3.19. The van der Waals surface area contributed by atoms with Crippen LogP contribution in [0.3, 0.4) is 0 Å². The Hall–Kier alpha value is -3.19. The molecule has 0 saturated carbocycles. The second kappa shape index (κ2) is 8.89. The molecule has 0 radical (unpaired) electrons. The number of H-pyrrole nitrogens is 1. The molecule has 0 atom stereocenters. The largest absolute Gasteiger partial charge is 0.488 e. The second-order valence-electron chi connectivity index (χ2n) is 7.87. The highest BCUT2D eigenvalue weighted by Crippen LogP contribution is 2.25. The molecule has 0 unspecified atom stereocenters. The number of hydrogen-bond acceptors (Lipinski definition) is 5. The lowest BCUT2D eigenvalue weighted by Gasteiger charge is -2.13. The van der Waals surface area contributed by atoms with Gasteiger partial charge in [0.25, 0.3) is 5.56 Å². The molecule has 0 aliphatic carbocycles. The molecule has 0 bridgehead atoms. The lowest BCUT2D eigenvalue weighted by molar-refractivity contribution is 0.267. The van der Waals surface area contributed by atoms with Gasteiger partial charge in [-0.25, -0.2) is 4.98 Å². The number of hydrogen-bond donors (Lipinski definition) is 1. The Balaban J connectivity index is 1.79. The van der Waals surface area contributed by atoms with E-state index in [1.54, 1.807) is 22.1 Å². The molecule has 3 heterocycles. The third kappa shape index (κ3) is 4.46. The maximum atomic E-state index is 13.4. The molecule has 3 aromatic heterocycles. The molecule has 0 amide bonds. The molecule has 4 rings (SSSR count). The Morgan fingerprint density at radius 2 is 1.94 bits per heavy atom. The van der Waals surface area contributed by atoms with Crippen molar-refractivity contribution in [1.29, 1.82) is 0 Å². The van der Waals surface area contributed by atoms with E-state index in [4.69, 9.17) is 9.72 Å². The van der Waals surface area contributed by atoms with E-state index >= 15 is 0 Å². The number of aryl methyl sites for hydroxylation is 1. The minimum Gasteiger partial charge on any atom is -0.488 e. The molecule has 31 heavy (non-hydrogen) atoms. The second-order valence-corrected chi connectivity index (χ2v) is 8.98. The summed E-state index contributed by atoms with van der Waals surface area (Å²) in [5.41, 5.74) is 1.16. The van der Waals surface area contributed by atoms with Crippen LogP contribution in [0.15, 0.2) is 58.3 Å². The minimum atomic E-state index is -0.207. The predicted molar refractivity (Wildman–Crippen MR) is 125 cm³/mol. The summed E-state index contributed by atoms with van der Waals surface area (Å²) in [6, 6.07) is 13.1. The number of pyridine rings is 1. The summed E-state index contributed by atoms with van der Waals surface area (Å²) >= 11 is 1.55. The van der Waals surface area contributed by atoms with Gasteiger partial charge in [0.2, 0.25) is 5.43 Å². The van der Waals surface area contributed by atoms with Crippen LogP contribution in [-0.4, -0.2) is 21.1 Å². The lowest BCUT2D eigenvalue weighted by atomic mass is 10.2. The normalized spacial score (nSPS) is 11.4. The molecule has 0 spiro atoms. The van der Waals surface area contributed by atoms with Crippen LogP contribution in [0.25, 0.3) is 21.6 Å². The molecular formula is C24H25N3O3S. The number of nitrogens with one attached hydrogen (secondary N) is 1. The summed E-state index contributed by atoms with van der Waals surface area (Å²) in [5, 5.41) is 0.612. The molecule has 4 aromatic rings. The van der Waals surface area contributed by atoms with Gasteiger partial charge < -0.3 is 9.72 Å². The van der Waals surface area contributed by atoms with Crippen molar-refractivity contribution in [1.82, 2.24) is 14.5 Å². The van der Waals surface area contributed by atoms with E-state index < -0.39 is 0 Å². The molecule has 0 fully saturated rings. The van der Waals surface area contributed by atoms with Gasteiger partial charge in [0.15, 0.2) is 5.75 Å². The van der Waals surface area contributed by atoms with Crippen LogP contribution in [0, 0.1) is 5.92 Å². The van der Waals surface area contributed by atoms with Crippen molar-refractivity contribution in [2.45, 2.75) is 33.7 Å². The van der Waals surface area contributed by atoms with Crippen LogP contribution in [0.4, 0.5) is 0 Å². The molecule has 1 N–H and O–H groups in total. The van der Waals surface area contributed by atoms with E-state index in [1.807, 2.05) is 50.2 Å². The Morgan fingerprint density at radius 3 is 2.61 bits per heavy atom. The molecule has 0 saturated heterocycles. The van der Waals surface area contributed by atoms with Crippen molar-refractivity contribution in [3.8, 4) is 17.1 Å². The van der Waals surface area contributed by atoms with Gasteiger partial charge in [-0.15, -0.1) is 11.3 Å². The van der Waals surface area contributed by atoms with Crippen LogP contribution in [0.1, 0.15) is 31.3 Å². The topological polar surface area (TPSA) is 77.0 Å². The van der Waals surface area contributed by atoms with Crippen molar-refractivity contribution < 1.29 is 4.74 Å². The minimum absolute atomic E-state index is 0.110. The first-order chi connectivity index (χ1) is 15.0. The highest BCUT2D eigenvalue weighted by atomic mass is 32.1. The number of nitrogens with zero attached hydrogens (tertiary/aromatic N) is 2. The maximum absolute atomic E-state index is 13.4. The molecular weight excluding hydrogens is 410 g/mol. The smallest absolute Gasteiger partial charge is 0.262 e. The van der Waals surface area contributed by atoms with Crippen molar-refractivity contribution in [2.75, 3.05) is 6.61 Å². The summed E-state index contributed by atoms with van der Waals surface area (Å²) in [7, 11) is 0. The zero-order valence-electron chi connectivity index (χ0n) is 17.8. The van der Waals surface area contributed by atoms with E-state index in [9.17, 15) is 9.59 Å². The summed E-state index contributed by atoms with van der Waals surface area (Å²) in [6.07, 6.45) is 2.42. The number of benzene rings is 1. The quantitative estimate of drug-likeness (QED) is 0.465. The number of aromatic nitrogens is 3. The van der Waals surface area contributed by atoms with Gasteiger partial charge in [-0.3, -0.25) is 14.2 Å². The summed E-state index contributed by atoms with van der Waals surface area (Å²) in [5.74, 6) is 1.19. The first kappa shape index (κ1) is 21.1. The number of ether oxygens (including phenoxy) is 1. The monoisotopic (exact) mass is 435 g/mol. The van der Waals surface area contributed by atoms with Gasteiger partial charge in [0, 0.05) is 28.4 Å². The van der Waals surface area contributed by atoms with E-state index in [0.29, 0.717) is 29.4 Å². The van der Waals surface area contributed by atoms with E-state index in [2.05, 4.69) is 11.9 Å². The fraction of sp³-hybridized carbons (Fsp3) is 0.292. The van der Waals surface area contributed by atoms with E-state index in [1.165, 1.54) is 6.07 Å². The predicted octanol–water partition coefficient (Wildman–Crippen LogP) is 4.46. The highest BCUT2D eigenvalue weighted by Gasteiger charge is 2.16. The maximum Gasteiger partial charge on any atom is 0.262 e. The van der Waals surface area contributed by atoms with Gasteiger partial charge in [-0.1, -0.05) is 51.1 Å². The molecule has 0 aliphatic heterocycles. The third-order valence-corrected chi connectivity index (χ3v) is 6.09. The van der Waals surface area contributed by atoms with Crippen molar-refractivity contribution in [3.63, 3.8) is 0 Å². The van der Waals surface area contributed by atoms with Gasteiger partial charge in [0.1, 0.15) is 10.7 Å². The summed E-state index contributed by atoms with van der Waals surface area (Å²) in [4.78, 5) is 35.7. The third-order valence-electron chi connectivity index (χ3n) is 4.92. The number of fused-ring (bicyclic) bond motifs is 1. The molecule has 7 heteroatoms. The van der Waals surface area contributed by atoms with E-state index in [-0.39, 0.29) is 23.3 Å². The lowest BCUT2D eigenvalue weighted by Crippen LogP contribution is -2.24. The highest BCUT2D eigenvalue weighted by molar-refractivity contribution is 7.18. The van der Waals surface area contributed by atoms with Gasteiger partial charge >= 0.3 is 0 Å². The molecule has 6 nitrogen and oxygen atoms in total. The number of rotatable bonds is 7. The van der Waals surface area contributed by atoms with Crippen LogP contribution in [0.2, 0.25) is 0 Å². The van der Waals surface area contributed by atoms with Crippen LogP contribution in [-0.2, 0) is 13.0 Å². The fourth-order valence-corrected chi connectivity index (χ4v) is 4.28. The van der Waals surface area contributed by atoms with Crippen molar-refractivity contribution in [3.05, 3.63) is 79.8 Å². The Kier molecular flexibility index (Phi) is 6.04. The zero-order valence-corrected chi connectivity index (χ0v) is 18.7. The van der Waals surface area contributed by atoms with Crippen molar-refractivity contribution >= 4 is 21.6 Å². The molecule has 160 valence electrons. The SMILES string of the molecule is CCc1cc2c(=O)n(Cc3cc(=O)c(OCC(C)C)c[nH]3)c(-c3ccccc3)nc2s1. The average molecular weight is 436 g/mol. The summed E-state index contributed by atoms with van der Waals surface area (Å²) in [6.45, 7) is 6.80. The zero-order chi connectivity index (χ0) is 22.0. The van der Waals surface area contributed by atoms with Crippen LogP contribution < -0.4 is 15.7 Å². The standard InChI is InChI=1S/C24H25N3O3S/c1-4-18-11-19-23(31-18)26-22(16-8-6-5-7-9-16)27(24(19)29)13-17-10-20(28)21(12-25-17)30-14-15(2)3/h5-12,15H,4,13-14H2,1-3H3,(H,25,28). The molecule has 1 aromatic carbocycles. The van der Waals surface area contributed by atoms with Gasteiger partial charge in [0.05, 0.1) is 18.5 Å². The van der Waals surface area contributed by atoms with Gasteiger partial charge in [-0.05, 0) is 18.4 Å². The van der Waals surface area contributed by atoms with E-state index in [0.717, 1.165) is 21.7 Å². The van der Waals surface area contributed by atoms with Crippen LogP contribution in [0.5, 0.6) is 5.75 Å². The Labute approximate surface area is 184 Å². The number of thiophene rings is 1. The summed E-state index contributed by atoms with van der Waals surface area (Å²) < 4.78 is 7.20. The Morgan fingerprint density at radius 1 is 1.16 bits per heavy atom. The number of aromatic amines is 1. The fourth-order valence-electron chi connectivity index (χ4n) is 3.33. The van der Waals surface area contributed by atoms with Gasteiger partial charge in [-0.2, -0.15) is 0 Å². The first-order valence-corrected chi connectivity index (χ1v) is 11.2. The Bertz CT molecular complexity index is 1320. The molecule has 0 aliphatic rings. The van der Waals surface area contributed by atoms with Crippen LogP contribution >= 0.6 is 11.3 Å². The first-order valence-electron chi connectivity index (χ1n) is 10.4.